The number of fused-ring (bicyclic) bond motifs is 6. The number of hydrogen-bond donors (Lipinski definition) is 2. The van der Waals surface area contributed by atoms with Crippen LogP contribution in [-0.2, 0) is 6.42 Å². The fraction of sp³-hybridized carbons (Fsp3) is 0.545. The van der Waals surface area contributed by atoms with E-state index in [1.165, 1.54) is 6.07 Å². The highest BCUT2D eigenvalue weighted by Crippen LogP contribution is 2.52. The molecule has 4 unspecified atom stereocenters. The molecule has 7 nitrogen and oxygen atoms in total. The number of ketones is 1. The van der Waals surface area contributed by atoms with E-state index in [9.17, 15) is 19.8 Å². The number of benzene rings is 1. The van der Waals surface area contributed by atoms with Gasteiger partial charge < -0.3 is 24.1 Å². The van der Waals surface area contributed by atoms with Gasteiger partial charge in [-0.1, -0.05) is 20.3 Å². The van der Waals surface area contributed by atoms with Crippen molar-refractivity contribution in [2.75, 3.05) is 0 Å². The third-order valence-corrected chi connectivity index (χ3v) is 6.09. The first-order chi connectivity index (χ1) is 13.6. The second-order valence-corrected chi connectivity index (χ2v) is 8.59. The van der Waals surface area contributed by atoms with Crippen LogP contribution in [0.2, 0.25) is 0 Å². The van der Waals surface area contributed by atoms with Crippen molar-refractivity contribution in [1.82, 2.24) is 0 Å². The van der Waals surface area contributed by atoms with Crippen LogP contribution in [0.15, 0.2) is 15.3 Å². The highest BCUT2D eigenvalue weighted by molar-refractivity contribution is 6.12. The Labute approximate surface area is 168 Å². The van der Waals surface area contributed by atoms with Crippen LogP contribution in [0, 0.1) is 5.92 Å². The first-order valence-corrected chi connectivity index (χ1v) is 10.0. The van der Waals surface area contributed by atoms with Crippen LogP contribution < -0.4 is 15.1 Å². The van der Waals surface area contributed by atoms with Gasteiger partial charge in [0.25, 0.3) is 0 Å². The summed E-state index contributed by atoms with van der Waals surface area (Å²) in [5.74, 6) is -0.455. The molecule has 2 N–H and O–H groups in total. The highest BCUT2D eigenvalue weighted by atomic mass is 16.5. The summed E-state index contributed by atoms with van der Waals surface area (Å²) in [6.45, 7) is 8.86. The normalized spacial score (nSPS) is 27.8. The lowest BCUT2D eigenvalue weighted by Gasteiger charge is -2.40. The van der Waals surface area contributed by atoms with Crippen molar-refractivity contribution in [1.29, 1.82) is 0 Å². The molecule has 0 aliphatic carbocycles. The van der Waals surface area contributed by atoms with Crippen LogP contribution in [0.1, 0.15) is 68.6 Å². The lowest BCUT2D eigenvalue weighted by Crippen LogP contribution is -2.50. The van der Waals surface area contributed by atoms with Gasteiger partial charge in [-0.3, -0.25) is 4.79 Å². The van der Waals surface area contributed by atoms with Gasteiger partial charge in [-0.2, -0.15) is 0 Å². The van der Waals surface area contributed by atoms with E-state index >= 15 is 0 Å². The Morgan fingerprint density at radius 3 is 2.48 bits per heavy atom. The largest absolute Gasteiger partial charge is 0.489 e. The molecule has 0 saturated heterocycles. The molecule has 2 aliphatic rings. The molecule has 0 radical (unpaired) electrons. The van der Waals surface area contributed by atoms with E-state index in [1.807, 2.05) is 13.8 Å². The first-order valence-electron chi connectivity index (χ1n) is 10.0. The average molecular weight is 402 g/mol. The molecule has 0 spiro atoms. The zero-order valence-electron chi connectivity index (χ0n) is 17.2. The standard InChI is InChI=1S/C22H26O7/c1-6-7-11-8-12(23)28-18-13(11)20-15(17(25)21(26)22(4,5)29-20)19-14(18)16(24)9(2)10(3)27-19/h8-10,16,21,24,26H,6-7H2,1-5H3. The molecule has 29 heavy (non-hydrogen) atoms. The topological polar surface area (TPSA) is 106 Å². The Morgan fingerprint density at radius 2 is 1.83 bits per heavy atom. The van der Waals surface area contributed by atoms with Crippen LogP contribution in [0.5, 0.6) is 11.5 Å². The van der Waals surface area contributed by atoms with Gasteiger partial charge in [0.05, 0.1) is 17.1 Å². The summed E-state index contributed by atoms with van der Waals surface area (Å²) < 4.78 is 17.7. The summed E-state index contributed by atoms with van der Waals surface area (Å²) in [5.41, 5.74) is -0.483. The monoisotopic (exact) mass is 402 g/mol. The van der Waals surface area contributed by atoms with Gasteiger partial charge in [0, 0.05) is 12.0 Å². The maximum absolute atomic E-state index is 13.2. The van der Waals surface area contributed by atoms with Gasteiger partial charge >= 0.3 is 5.63 Å². The summed E-state index contributed by atoms with van der Waals surface area (Å²) in [6, 6.07) is 1.40. The fourth-order valence-corrected chi connectivity index (χ4v) is 4.21. The molecule has 2 aliphatic heterocycles. The van der Waals surface area contributed by atoms with Crippen molar-refractivity contribution in [2.45, 2.75) is 71.4 Å². The van der Waals surface area contributed by atoms with Crippen molar-refractivity contribution in [2.24, 2.45) is 5.92 Å². The third-order valence-electron chi connectivity index (χ3n) is 6.09. The van der Waals surface area contributed by atoms with Gasteiger partial charge in [0.2, 0.25) is 5.78 Å². The molecule has 156 valence electrons. The molecule has 3 heterocycles. The number of Topliss-reactive ketones (excluding diaryl/α,β-unsaturated/α-hetero) is 1. The molecule has 4 atom stereocenters. The van der Waals surface area contributed by atoms with Gasteiger partial charge in [0.1, 0.15) is 28.8 Å². The molecular formula is C22H26O7. The van der Waals surface area contributed by atoms with Crippen molar-refractivity contribution in [3.8, 4) is 11.5 Å². The van der Waals surface area contributed by atoms with Gasteiger partial charge in [-0.25, -0.2) is 4.79 Å². The Hall–Kier alpha value is -2.38. The smallest absolute Gasteiger partial charge is 0.336 e. The Kier molecular flexibility index (Phi) is 4.51. The summed E-state index contributed by atoms with van der Waals surface area (Å²) in [4.78, 5) is 25.5. The molecule has 0 fully saturated rings. The molecule has 1 aromatic carbocycles. The Balaban J connectivity index is 2.20. The van der Waals surface area contributed by atoms with E-state index < -0.39 is 29.2 Å². The number of carbonyl (C=O) groups is 1. The maximum Gasteiger partial charge on any atom is 0.336 e. The number of rotatable bonds is 2. The lowest BCUT2D eigenvalue weighted by molar-refractivity contribution is -0.0264. The number of ether oxygens (including phenoxy) is 2. The average Bonchev–Trinajstić information content (AvgIpc) is 2.63. The summed E-state index contributed by atoms with van der Waals surface area (Å²) >= 11 is 0. The molecule has 2 aromatic rings. The Bertz CT molecular complexity index is 1070. The number of aryl methyl sites for hydroxylation is 1. The molecule has 0 bridgehead atoms. The van der Waals surface area contributed by atoms with Crippen molar-refractivity contribution < 1.29 is 28.9 Å². The van der Waals surface area contributed by atoms with Crippen molar-refractivity contribution in [3.05, 3.63) is 33.2 Å². The van der Waals surface area contributed by atoms with Crippen LogP contribution in [0.25, 0.3) is 11.0 Å². The summed E-state index contributed by atoms with van der Waals surface area (Å²) in [6.07, 6.45) is -1.45. The van der Waals surface area contributed by atoms with Gasteiger partial charge in [-0.05, 0) is 32.8 Å². The first kappa shape index (κ1) is 19.9. The zero-order chi connectivity index (χ0) is 21.2. The second-order valence-electron chi connectivity index (χ2n) is 8.59. The molecule has 7 heteroatoms. The van der Waals surface area contributed by atoms with Crippen LogP contribution in [-0.4, -0.2) is 33.8 Å². The zero-order valence-corrected chi connectivity index (χ0v) is 17.2. The van der Waals surface area contributed by atoms with Crippen molar-refractivity contribution in [3.63, 3.8) is 0 Å². The lowest BCUT2D eigenvalue weighted by atomic mass is 9.81. The van der Waals surface area contributed by atoms with Gasteiger partial charge in [0.15, 0.2) is 11.7 Å². The fourth-order valence-electron chi connectivity index (χ4n) is 4.21. The quantitative estimate of drug-likeness (QED) is 0.744. The molecule has 1 aromatic heterocycles. The summed E-state index contributed by atoms with van der Waals surface area (Å²) in [5, 5.41) is 22.1. The minimum absolute atomic E-state index is 0.100. The van der Waals surface area contributed by atoms with E-state index in [4.69, 9.17) is 13.9 Å². The number of aliphatic hydroxyl groups excluding tert-OH is 2. The van der Waals surface area contributed by atoms with E-state index in [1.54, 1.807) is 20.8 Å². The predicted molar refractivity (Wildman–Crippen MR) is 106 cm³/mol. The minimum Gasteiger partial charge on any atom is -0.489 e. The predicted octanol–water partition coefficient (Wildman–Crippen LogP) is 2.91. The van der Waals surface area contributed by atoms with Crippen LogP contribution in [0.4, 0.5) is 0 Å². The van der Waals surface area contributed by atoms with E-state index in [0.29, 0.717) is 17.4 Å². The number of carbonyl (C=O) groups excluding carboxylic acids is 1. The third kappa shape index (κ3) is 2.79. The van der Waals surface area contributed by atoms with E-state index in [2.05, 4.69) is 0 Å². The second kappa shape index (κ2) is 6.57. The molecule has 0 saturated carbocycles. The van der Waals surface area contributed by atoms with Crippen molar-refractivity contribution >= 4 is 16.8 Å². The van der Waals surface area contributed by atoms with E-state index in [0.717, 1.165) is 6.42 Å². The summed E-state index contributed by atoms with van der Waals surface area (Å²) in [7, 11) is 0. The van der Waals surface area contributed by atoms with Crippen LogP contribution >= 0.6 is 0 Å². The number of aliphatic hydroxyl groups is 2. The molecule has 0 amide bonds. The Morgan fingerprint density at radius 1 is 1.14 bits per heavy atom. The minimum atomic E-state index is -1.39. The maximum atomic E-state index is 13.2. The van der Waals surface area contributed by atoms with E-state index in [-0.39, 0.29) is 40.2 Å². The SMILES string of the molecule is CCCc1cc(=O)oc2c3c(c4c(c12)OC(C)(C)C(O)C4=O)OC(C)C(C)C3O. The van der Waals surface area contributed by atoms with Gasteiger partial charge in [-0.15, -0.1) is 0 Å². The number of hydrogen-bond acceptors (Lipinski definition) is 7. The van der Waals surface area contributed by atoms with Crippen LogP contribution in [0.3, 0.4) is 0 Å². The molecular weight excluding hydrogens is 376 g/mol. The highest BCUT2D eigenvalue weighted by Gasteiger charge is 2.48. The molecule has 4 rings (SSSR count).